The smallest absolute Gasteiger partial charge is 0.261 e. The Labute approximate surface area is 207 Å². The molecule has 1 atom stereocenters. The lowest BCUT2D eigenvalue weighted by atomic mass is 9.86. The molecule has 2 aromatic carbocycles. The molecule has 2 rings (SSSR count). The monoisotopic (exact) mass is 492 g/mol. The van der Waals surface area contributed by atoms with Gasteiger partial charge in [0.2, 0.25) is 5.91 Å². The molecule has 0 spiro atoms. The van der Waals surface area contributed by atoms with E-state index in [1.807, 2.05) is 45.0 Å². The summed E-state index contributed by atoms with van der Waals surface area (Å²) in [5.41, 5.74) is 1.12. The van der Waals surface area contributed by atoms with Crippen LogP contribution >= 0.6 is 23.2 Å². The molecule has 0 aliphatic carbocycles. The molecule has 2 aromatic rings. The minimum Gasteiger partial charge on any atom is -0.483 e. The Bertz CT molecular complexity index is 994. The maximum atomic E-state index is 13.3. The highest BCUT2D eigenvalue weighted by atomic mass is 35.5. The Kier molecular flexibility index (Phi) is 8.83. The molecular weight excluding hydrogens is 459 g/mol. The second-order valence-corrected chi connectivity index (χ2v) is 11.1. The average Bonchev–Trinajstić information content (AvgIpc) is 2.69. The van der Waals surface area contributed by atoms with Crippen molar-refractivity contribution in [3.05, 3.63) is 63.6 Å². The summed E-state index contributed by atoms with van der Waals surface area (Å²) in [7, 11) is 0. The number of nitrogens with one attached hydrogen (secondary N) is 1. The molecule has 2 amide bonds. The van der Waals surface area contributed by atoms with Crippen LogP contribution < -0.4 is 10.1 Å². The third-order valence-electron chi connectivity index (χ3n) is 5.07. The van der Waals surface area contributed by atoms with Crippen molar-refractivity contribution in [3.63, 3.8) is 0 Å². The molecule has 0 aliphatic rings. The number of hydrogen-bond acceptors (Lipinski definition) is 3. The number of ether oxygens (including phenoxy) is 1. The highest BCUT2D eigenvalue weighted by molar-refractivity contribution is 6.35. The molecule has 0 aromatic heterocycles. The zero-order valence-corrected chi connectivity index (χ0v) is 22.0. The molecule has 180 valence electrons. The van der Waals surface area contributed by atoms with Gasteiger partial charge in [-0.2, -0.15) is 0 Å². The Morgan fingerprint density at radius 1 is 1.03 bits per heavy atom. The van der Waals surface area contributed by atoms with E-state index in [4.69, 9.17) is 27.9 Å². The second kappa shape index (κ2) is 10.8. The van der Waals surface area contributed by atoms with E-state index in [0.717, 1.165) is 5.56 Å². The van der Waals surface area contributed by atoms with E-state index in [2.05, 4.69) is 26.1 Å². The summed E-state index contributed by atoms with van der Waals surface area (Å²) < 4.78 is 5.95. The largest absolute Gasteiger partial charge is 0.483 e. The van der Waals surface area contributed by atoms with E-state index >= 15 is 0 Å². The highest BCUT2D eigenvalue weighted by Gasteiger charge is 2.29. The first-order chi connectivity index (χ1) is 15.2. The standard InChI is InChI=1S/C26H34Cl2N2O3/c1-17(24(32)29-26(5,6)7)30(15-18-12-13-19(27)14-21(18)28)23(31)16-33-22-11-9-8-10-20(22)25(2,3)4/h8-14,17H,15-16H2,1-7H3,(H,29,32)/t17-/m0/s1. The lowest BCUT2D eigenvalue weighted by Crippen LogP contribution is -2.53. The van der Waals surface area contributed by atoms with Crippen molar-refractivity contribution in [1.82, 2.24) is 10.2 Å². The minimum atomic E-state index is -0.732. The summed E-state index contributed by atoms with van der Waals surface area (Å²) in [5.74, 6) is 0.0759. The van der Waals surface area contributed by atoms with Crippen LogP contribution in [0.2, 0.25) is 10.0 Å². The van der Waals surface area contributed by atoms with Crippen molar-refractivity contribution >= 4 is 35.0 Å². The Hall–Kier alpha value is -2.24. The van der Waals surface area contributed by atoms with Crippen molar-refractivity contribution < 1.29 is 14.3 Å². The van der Waals surface area contributed by atoms with Crippen LogP contribution in [0.1, 0.15) is 59.6 Å². The zero-order chi connectivity index (χ0) is 25.0. The van der Waals surface area contributed by atoms with Gasteiger partial charge in [-0.25, -0.2) is 0 Å². The number of benzene rings is 2. The fourth-order valence-electron chi connectivity index (χ4n) is 3.32. The van der Waals surface area contributed by atoms with Crippen molar-refractivity contribution in [2.45, 2.75) is 72.0 Å². The van der Waals surface area contributed by atoms with Gasteiger partial charge >= 0.3 is 0 Å². The summed E-state index contributed by atoms with van der Waals surface area (Å²) >= 11 is 12.4. The molecule has 0 heterocycles. The fourth-order valence-corrected chi connectivity index (χ4v) is 3.79. The molecule has 0 radical (unpaired) electrons. The third-order valence-corrected chi connectivity index (χ3v) is 5.65. The first-order valence-corrected chi connectivity index (χ1v) is 11.7. The first-order valence-electron chi connectivity index (χ1n) is 11.0. The molecule has 0 saturated heterocycles. The van der Waals surface area contributed by atoms with Crippen LogP contribution in [0, 0.1) is 0 Å². The summed E-state index contributed by atoms with van der Waals surface area (Å²) in [6.07, 6.45) is 0. The minimum absolute atomic E-state index is 0.143. The van der Waals surface area contributed by atoms with E-state index in [1.54, 1.807) is 25.1 Å². The van der Waals surface area contributed by atoms with Crippen molar-refractivity contribution in [2.75, 3.05) is 6.61 Å². The Balaban J connectivity index is 2.29. The molecule has 0 saturated carbocycles. The van der Waals surface area contributed by atoms with E-state index in [9.17, 15) is 9.59 Å². The third kappa shape index (κ3) is 7.94. The number of halogens is 2. The predicted octanol–water partition coefficient (Wildman–Crippen LogP) is 6.00. The van der Waals surface area contributed by atoms with Crippen LogP contribution in [0.15, 0.2) is 42.5 Å². The summed E-state index contributed by atoms with van der Waals surface area (Å²) in [4.78, 5) is 27.7. The number of hydrogen-bond donors (Lipinski definition) is 1. The molecule has 0 fully saturated rings. The van der Waals surface area contributed by atoms with E-state index in [-0.39, 0.29) is 30.4 Å². The van der Waals surface area contributed by atoms with Gasteiger partial charge in [-0.3, -0.25) is 9.59 Å². The lowest BCUT2D eigenvalue weighted by molar-refractivity contribution is -0.142. The maximum absolute atomic E-state index is 13.3. The molecule has 0 bridgehead atoms. The van der Waals surface area contributed by atoms with Gasteiger partial charge in [-0.05, 0) is 62.4 Å². The number of carbonyl (C=O) groups is 2. The van der Waals surface area contributed by atoms with Crippen LogP contribution in [0.25, 0.3) is 0 Å². The van der Waals surface area contributed by atoms with Crippen molar-refractivity contribution in [3.8, 4) is 5.75 Å². The van der Waals surface area contributed by atoms with Crippen molar-refractivity contribution in [1.29, 1.82) is 0 Å². The van der Waals surface area contributed by atoms with Crippen LogP contribution in [0.4, 0.5) is 0 Å². The quantitative estimate of drug-likeness (QED) is 0.515. The number of para-hydroxylation sites is 1. The molecule has 0 aliphatic heterocycles. The molecule has 7 heteroatoms. The van der Waals surface area contributed by atoms with E-state index in [0.29, 0.717) is 21.4 Å². The number of amides is 2. The van der Waals surface area contributed by atoms with Gasteiger partial charge in [0.1, 0.15) is 11.8 Å². The molecule has 33 heavy (non-hydrogen) atoms. The maximum Gasteiger partial charge on any atom is 0.261 e. The lowest BCUT2D eigenvalue weighted by Gasteiger charge is -2.32. The number of nitrogens with zero attached hydrogens (tertiary/aromatic N) is 1. The molecule has 0 unspecified atom stereocenters. The Morgan fingerprint density at radius 3 is 2.24 bits per heavy atom. The molecule has 5 nitrogen and oxygen atoms in total. The van der Waals surface area contributed by atoms with Crippen LogP contribution in [0.3, 0.4) is 0 Å². The van der Waals surface area contributed by atoms with Gasteiger partial charge in [-0.1, -0.05) is 68.2 Å². The Morgan fingerprint density at radius 2 is 1.67 bits per heavy atom. The van der Waals surface area contributed by atoms with E-state index in [1.165, 1.54) is 4.90 Å². The molecule has 1 N–H and O–H groups in total. The number of carbonyl (C=O) groups excluding carboxylic acids is 2. The number of rotatable bonds is 7. The summed E-state index contributed by atoms with van der Waals surface area (Å²) in [6, 6.07) is 12.0. The van der Waals surface area contributed by atoms with Gasteiger partial charge < -0.3 is 15.0 Å². The average molecular weight is 493 g/mol. The highest BCUT2D eigenvalue weighted by Crippen LogP contribution is 2.31. The normalized spacial score (nSPS) is 12.8. The summed E-state index contributed by atoms with van der Waals surface area (Å²) in [5, 5.41) is 3.87. The summed E-state index contributed by atoms with van der Waals surface area (Å²) in [6.45, 7) is 13.6. The van der Waals surface area contributed by atoms with Crippen molar-refractivity contribution in [2.24, 2.45) is 0 Å². The van der Waals surface area contributed by atoms with E-state index < -0.39 is 11.6 Å². The van der Waals surface area contributed by atoms with Gasteiger partial charge in [0, 0.05) is 22.1 Å². The van der Waals surface area contributed by atoms with Gasteiger partial charge in [0.15, 0.2) is 6.61 Å². The first kappa shape index (κ1) is 27.0. The van der Waals surface area contributed by atoms with Crippen LogP contribution in [-0.2, 0) is 21.5 Å². The zero-order valence-electron chi connectivity index (χ0n) is 20.5. The van der Waals surface area contributed by atoms with Gasteiger partial charge in [-0.15, -0.1) is 0 Å². The second-order valence-electron chi connectivity index (χ2n) is 10.2. The SMILES string of the molecule is C[C@@H](C(=O)NC(C)(C)C)N(Cc1ccc(Cl)cc1Cl)C(=O)COc1ccccc1C(C)(C)C. The fraction of sp³-hybridized carbons (Fsp3) is 0.462. The van der Waals surface area contributed by atoms with Gasteiger partial charge in [0.25, 0.3) is 5.91 Å². The van der Waals surface area contributed by atoms with Crippen LogP contribution in [-0.4, -0.2) is 34.9 Å². The predicted molar refractivity (Wildman–Crippen MR) is 135 cm³/mol. The topological polar surface area (TPSA) is 58.6 Å². The van der Waals surface area contributed by atoms with Gasteiger partial charge in [0.05, 0.1) is 0 Å². The molecular formula is C26H34Cl2N2O3. The van der Waals surface area contributed by atoms with Crippen LogP contribution in [0.5, 0.6) is 5.75 Å².